The number of imidazole rings is 1. The number of carbonyl (C=O) groups is 1. The number of nitrogens with one attached hydrogen (secondary N) is 1. The average molecular weight is 258 g/mol. The van der Waals surface area contributed by atoms with Crippen molar-refractivity contribution in [1.82, 2.24) is 14.7 Å². The first kappa shape index (κ1) is 13.1. The Kier molecular flexibility index (Phi) is 3.78. The van der Waals surface area contributed by atoms with Crippen LogP contribution >= 0.6 is 0 Å². The zero-order valence-corrected chi connectivity index (χ0v) is 10.5. The quantitative estimate of drug-likeness (QED) is 0.842. The van der Waals surface area contributed by atoms with Gasteiger partial charge in [0.25, 0.3) is 0 Å². The summed E-state index contributed by atoms with van der Waals surface area (Å²) >= 11 is 0. The normalized spacial score (nSPS) is 12.2. The van der Waals surface area contributed by atoms with Gasteiger partial charge in [0.2, 0.25) is 0 Å². The largest absolute Gasteiger partial charge is 0.481 e. The number of nitrogens with zero attached hydrogens (tertiary/aromatic N) is 3. The van der Waals surface area contributed by atoms with Gasteiger partial charge in [0, 0.05) is 12.7 Å². The minimum Gasteiger partial charge on any atom is -0.481 e. The first-order valence-corrected chi connectivity index (χ1v) is 5.92. The third-order valence-electron chi connectivity index (χ3n) is 2.84. The van der Waals surface area contributed by atoms with Crippen LogP contribution in [0.2, 0.25) is 0 Å². The van der Waals surface area contributed by atoms with Crippen molar-refractivity contribution in [3.05, 3.63) is 35.8 Å². The summed E-state index contributed by atoms with van der Waals surface area (Å²) < 4.78 is 1.84. The molecule has 2 aromatic heterocycles. The highest BCUT2D eigenvalue weighted by Gasteiger charge is 2.18. The highest BCUT2D eigenvalue weighted by atomic mass is 16.4. The number of aromatic nitrogens is 2. The average Bonchev–Trinajstić information content (AvgIpc) is 2.71. The number of rotatable bonds is 5. The van der Waals surface area contributed by atoms with Gasteiger partial charge in [0.05, 0.1) is 23.9 Å². The molecule has 1 atom stereocenters. The third-order valence-corrected chi connectivity index (χ3v) is 2.84. The Morgan fingerprint density at radius 3 is 3.11 bits per heavy atom. The monoisotopic (exact) mass is 258 g/mol. The predicted octanol–water partition coefficient (Wildman–Crippen LogP) is 1.27. The van der Waals surface area contributed by atoms with Crippen LogP contribution in [-0.2, 0) is 4.79 Å². The van der Waals surface area contributed by atoms with Crippen molar-refractivity contribution >= 4 is 11.6 Å². The van der Waals surface area contributed by atoms with Crippen molar-refractivity contribution in [2.75, 3.05) is 6.54 Å². The molecule has 19 heavy (non-hydrogen) atoms. The molecule has 0 saturated carbocycles. The molecule has 0 amide bonds. The smallest absolute Gasteiger partial charge is 0.304 e. The van der Waals surface area contributed by atoms with Gasteiger partial charge in [0.1, 0.15) is 11.7 Å². The van der Waals surface area contributed by atoms with E-state index in [1.165, 1.54) is 0 Å². The zero-order chi connectivity index (χ0) is 13.8. The maximum absolute atomic E-state index is 10.5. The number of pyridine rings is 1. The highest BCUT2D eigenvalue weighted by Crippen LogP contribution is 2.19. The van der Waals surface area contributed by atoms with E-state index >= 15 is 0 Å². The summed E-state index contributed by atoms with van der Waals surface area (Å²) in [7, 11) is 0. The minimum atomic E-state index is -0.890. The summed E-state index contributed by atoms with van der Waals surface area (Å²) in [5.41, 5.74) is 2.29. The maximum Gasteiger partial charge on any atom is 0.304 e. The third kappa shape index (κ3) is 2.72. The fraction of sp³-hybridized carbons (Fsp3) is 0.308. The Labute approximate surface area is 110 Å². The van der Waals surface area contributed by atoms with Crippen molar-refractivity contribution in [3.8, 4) is 6.07 Å². The molecule has 0 aliphatic rings. The number of carboxylic acid groups (broad SMARTS) is 1. The number of hydrogen-bond acceptors (Lipinski definition) is 4. The van der Waals surface area contributed by atoms with Gasteiger partial charge in [-0.25, -0.2) is 4.98 Å². The Bertz CT molecular complexity index is 642. The van der Waals surface area contributed by atoms with E-state index in [2.05, 4.69) is 16.4 Å². The molecule has 6 nitrogen and oxygen atoms in total. The van der Waals surface area contributed by atoms with Gasteiger partial charge < -0.3 is 9.51 Å². The van der Waals surface area contributed by atoms with Crippen molar-refractivity contribution in [2.24, 2.45) is 0 Å². The molecule has 0 fully saturated rings. The molecule has 2 rings (SSSR count). The number of hydrogen-bond donors (Lipinski definition) is 2. The molecule has 0 aromatic carbocycles. The molecule has 0 spiro atoms. The minimum absolute atomic E-state index is 0.0199. The number of aliphatic carboxylic acids is 1. The van der Waals surface area contributed by atoms with Gasteiger partial charge in [-0.05, 0) is 19.1 Å². The van der Waals surface area contributed by atoms with Crippen LogP contribution in [0.3, 0.4) is 0 Å². The van der Waals surface area contributed by atoms with E-state index in [1.807, 2.05) is 35.7 Å². The first-order valence-electron chi connectivity index (χ1n) is 5.92. The maximum atomic E-state index is 10.5. The lowest BCUT2D eigenvalue weighted by Crippen LogP contribution is -2.24. The van der Waals surface area contributed by atoms with Crippen LogP contribution in [0.25, 0.3) is 5.65 Å². The van der Waals surface area contributed by atoms with E-state index in [1.54, 1.807) is 0 Å². The van der Waals surface area contributed by atoms with Gasteiger partial charge in [-0.1, -0.05) is 6.07 Å². The fourth-order valence-electron chi connectivity index (χ4n) is 2.01. The number of aryl methyl sites for hydroxylation is 1. The molecule has 98 valence electrons. The van der Waals surface area contributed by atoms with Crippen LogP contribution < -0.4 is 5.32 Å². The number of carboxylic acids is 1. The van der Waals surface area contributed by atoms with E-state index in [-0.39, 0.29) is 13.0 Å². The molecule has 6 heteroatoms. The van der Waals surface area contributed by atoms with Gasteiger partial charge in [-0.3, -0.25) is 10.1 Å². The number of nitriles is 1. The van der Waals surface area contributed by atoms with Crippen LogP contribution in [0.5, 0.6) is 0 Å². The summed E-state index contributed by atoms with van der Waals surface area (Å²) in [5.74, 6) is -0.890. The molecule has 0 bridgehead atoms. The van der Waals surface area contributed by atoms with Crippen molar-refractivity contribution in [3.63, 3.8) is 0 Å². The molecule has 0 aliphatic heterocycles. The van der Waals surface area contributed by atoms with Crippen molar-refractivity contribution < 1.29 is 9.90 Å². The predicted molar refractivity (Wildman–Crippen MR) is 68.5 cm³/mol. The molecular formula is C13H14N4O2. The summed E-state index contributed by atoms with van der Waals surface area (Å²) in [6.07, 6.45) is 1.82. The van der Waals surface area contributed by atoms with Crippen LogP contribution in [0, 0.1) is 18.3 Å². The standard InChI is InChI=1S/C13H14N4O2/c1-9-13(10(8-14)15-6-5-12(18)19)17-7-3-2-4-11(17)16-9/h2-4,7,10,15H,5-6H2,1H3,(H,18,19). The summed E-state index contributed by atoms with van der Waals surface area (Å²) in [5, 5.41) is 20.8. The second-order valence-corrected chi connectivity index (χ2v) is 4.17. The summed E-state index contributed by atoms with van der Waals surface area (Å²) in [4.78, 5) is 14.9. The molecular weight excluding hydrogens is 244 g/mol. The molecule has 1 unspecified atom stereocenters. The molecule has 0 aliphatic carbocycles. The first-order chi connectivity index (χ1) is 9.13. The van der Waals surface area contributed by atoms with E-state index in [9.17, 15) is 10.1 Å². The lowest BCUT2D eigenvalue weighted by atomic mass is 10.2. The van der Waals surface area contributed by atoms with Crippen molar-refractivity contribution in [2.45, 2.75) is 19.4 Å². The fourth-order valence-corrected chi connectivity index (χ4v) is 2.01. The van der Waals surface area contributed by atoms with E-state index in [4.69, 9.17) is 5.11 Å². The molecule has 0 radical (unpaired) electrons. The van der Waals surface area contributed by atoms with E-state index in [0.717, 1.165) is 17.0 Å². The zero-order valence-electron chi connectivity index (χ0n) is 10.5. The Hall–Kier alpha value is -2.39. The Morgan fingerprint density at radius 2 is 2.42 bits per heavy atom. The lowest BCUT2D eigenvalue weighted by Gasteiger charge is -2.11. The topological polar surface area (TPSA) is 90.4 Å². The molecule has 2 heterocycles. The van der Waals surface area contributed by atoms with Gasteiger partial charge >= 0.3 is 5.97 Å². The Morgan fingerprint density at radius 1 is 1.63 bits per heavy atom. The van der Waals surface area contributed by atoms with Crippen LogP contribution in [-0.4, -0.2) is 27.0 Å². The Balaban J connectivity index is 2.28. The van der Waals surface area contributed by atoms with Crippen LogP contribution in [0.15, 0.2) is 24.4 Å². The van der Waals surface area contributed by atoms with Crippen molar-refractivity contribution in [1.29, 1.82) is 5.26 Å². The van der Waals surface area contributed by atoms with Crippen LogP contribution in [0.4, 0.5) is 0 Å². The molecule has 0 saturated heterocycles. The summed E-state index contributed by atoms with van der Waals surface area (Å²) in [6.45, 7) is 2.08. The summed E-state index contributed by atoms with van der Waals surface area (Å²) in [6, 6.07) is 7.18. The highest BCUT2D eigenvalue weighted by molar-refractivity contribution is 5.66. The number of fused-ring (bicyclic) bond motifs is 1. The second-order valence-electron chi connectivity index (χ2n) is 4.17. The second kappa shape index (κ2) is 5.50. The van der Waals surface area contributed by atoms with Gasteiger partial charge in [-0.2, -0.15) is 5.26 Å². The van der Waals surface area contributed by atoms with E-state index < -0.39 is 12.0 Å². The van der Waals surface area contributed by atoms with Gasteiger partial charge in [-0.15, -0.1) is 0 Å². The molecule has 2 aromatic rings. The van der Waals surface area contributed by atoms with Crippen LogP contribution in [0.1, 0.15) is 23.9 Å². The lowest BCUT2D eigenvalue weighted by molar-refractivity contribution is -0.136. The molecule has 2 N–H and O–H groups in total. The SMILES string of the molecule is Cc1nc2ccccn2c1C(C#N)NCCC(=O)O. The van der Waals surface area contributed by atoms with Gasteiger partial charge in [0.15, 0.2) is 0 Å². The van der Waals surface area contributed by atoms with E-state index in [0.29, 0.717) is 0 Å².